The van der Waals surface area contributed by atoms with Gasteiger partial charge in [-0.25, -0.2) is 8.42 Å². The molecule has 2 fully saturated rings. The fourth-order valence-corrected chi connectivity index (χ4v) is 4.29. The van der Waals surface area contributed by atoms with Crippen molar-refractivity contribution in [1.82, 2.24) is 4.72 Å². The highest BCUT2D eigenvalue weighted by atomic mass is 32.2. The summed E-state index contributed by atoms with van der Waals surface area (Å²) in [5.74, 6) is 1.37. The van der Waals surface area contributed by atoms with Crippen LogP contribution in [0, 0.1) is 11.3 Å². The fourth-order valence-electron chi connectivity index (χ4n) is 3.04. The molecular weight excluding hydrogens is 260 g/mol. The van der Waals surface area contributed by atoms with Crippen LogP contribution in [0.5, 0.6) is 0 Å². The number of hydrogen-bond acceptors (Lipinski definition) is 3. The number of amidine groups is 1. The van der Waals surface area contributed by atoms with Crippen molar-refractivity contribution in [2.75, 3.05) is 6.54 Å². The van der Waals surface area contributed by atoms with Crippen molar-refractivity contribution >= 4 is 15.9 Å². The van der Waals surface area contributed by atoms with Gasteiger partial charge in [0.15, 0.2) is 0 Å². The molecule has 0 saturated heterocycles. The smallest absolute Gasteiger partial charge is 0.263 e. The van der Waals surface area contributed by atoms with Crippen molar-refractivity contribution < 1.29 is 8.42 Å². The third-order valence-corrected chi connectivity index (χ3v) is 5.95. The number of nitrogens with zero attached hydrogens (tertiary/aromatic N) is 1. The fraction of sp³-hybridized carbons (Fsp3) is 0.500. The number of aliphatic imine (C=N–C) groups is 1. The van der Waals surface area contributed by atoms with Crippen LogP contribution < -0.4 is 4.72 Å². The number of nitrogens with one attached hydrogen (secondary N) is 1. The van der Waals surface area contributed by atoms with E-state index in [2.05, 4.69) is 9.71 Å². The normalized spacial score (nSPS) is 27.9. The Morgan fingerprint density at radius 3 is 2.68 bits per heavy atom. The maximum Gasteiger partial charge on any atom is 0.263 e. The summed E-state index contributed by atoms with van der Waals surface area (Å²) < 4.78 is 26.5. The maximum atomic E-state index is 12.0. The molecule has 1 aliphatic heterocycles. The first kappa shape index (κ1) is 11.5. The van der Waals surface area contributed by atoms with Gasteiger partial charge >= 0.3 is 0 Å². The summed E-state index contributed by atoms with van der Waals surface area (Å²) in [4.78, 5) is 4.93. The van der Waals surface area contributed by atoms with Crippen LogP contribution in [0.1, 0.15) is 31.2 Å². The third kappa shape index (κ3) is 1.79. The Morgan fingerprint density at radius 2 is 2.00 bits per heavy atom. The van der Waals surface area contributed by atoms with Gasteiger partial charge in [0.1, 0.15) is 5.84 Å². The Kier molecular flexibility index (Phi) is 2.17. The van der Waals surface area contributed by atoms with Crippen molar-refractivity contribution in [3.8, 4) is 0 Å². The molecule has 19 heavy (non-hydrogen) atoms. The van der Waals surface area contributed by atoms with Crippen molar-refractivity contribution in [1.29, 1.82) is 0 Å². The Bertz CT molecular complexity index is 670. The van der Waals surface area contributed by atoms with E-state index in [-0.39, 0.29) is 0 Å². The highest BCUT2D eigenvalue weighted by molar-refractivity contribution is 7.90. The number of fused-ring (bicyclic) bond motifs is 1. The highest BCUT2D eigenvalue weighted by Crippen LogP contribution is 2.61. The van der Waals surface area contributed by atoms with Gasteiger partial charge in [-0.05, 0) is 49.1 Å². The van der Waals surface area contributed by atoms with E-state index in [1.807, 2.05) is 12.1 Å². The van der Waals surface area contributed by atoms with Crippen LogP contribution in [0.25, 0.3) is 0 Å². The molecule has 0 radical (unpaired) electrons. The molecule has 1 N–H and O–H groups in total. The minimum absolute atomic E-state index is 0.352. The van der Waals surface area contributed by atoms with Crippen molar-refractivity contribution in [3.05, 3.63) is 29.8 Å². The summed E-state index contributed by atoms with van der Waals surface area (Å²) in [5.41, 5.74) is 1.12. The predicted molar refractivity (Wildman–Crippen MR) is 72.6 cm³/mol. The van der Waals surface area contributed by atoms with E-state index in [0.717, 1.165) is 12.5 Å². The zero-order valence-electron chi connectivity index (χ0n) is 10.6. The molecule has 1 heterocycles. The quantitative estimate of drug-likeness (QED) is 0.917. The second-order valence-electron chi connectivity index (χ2n) is 5.90. The van der Waals surface area contributed by atoms with Gasteiger partial charge in [0.25, 0.3) is 10.0 Å². The molecule has 0 unspecified atom stereocenters. The van der Waals surface area contributed by atoms with Gasteiger partial charge in [0.05, 0.1) is 4.90 Å². The van der Waals surface area contributed by atoms with E-state index in [4.69, 9.17) is 0 Å². The molecule has 5 heteroatoms. The summed E-state index contributed by atoms with van der Waals surface area (Å²) in [7, 11) is -3.39. The van der Waals surface area contributed by atoms with E-state index in [0.29, 0.717) is 21.7 Å². The van der Waals surface area contributed by atoms with Crippen LogP contribution in [0.2, 0.25) is 0 Å². The standard InChI is InChI=1S/C14H16N2O2S/c17-19(18)12-4-2-1-3-11(12)13(16-19)15-9-14(7-8-14)10-5-6-10/h1-4,10H,5-9H2,(H,15,16). The van der Waals surface area contributed by atoms with Gasteiger partial charge in [-0.3, -0.25) is 9.71 Å². The van der Waals surface area contributed by atoms with Crippen molar-refractivity contribution in [3.63, 3.8) is 0 Å². The Balaban J connectivity index is 1.66. The van der Waals surface area contributed by atoms with E-state index in [1.54, 1.807) is 12.1 Å². The lowest BCUT2D eigenvalue weighted by molar-refractivity contribution is 0.454. The first-order valence-electron chi connectivity index (χ1n) is 6.77. The molecule has 4 nitrogen and oxygen atoms in total. The Labute approximate surface area is 113 Å². The lowest BCUT2D eigenvalue weighted by Crippen LogP contribution is -2.23. The minimum Gasteiger partial charge on any atom is -0.267 e. The van der Waals surface area contributed by atoms with Crippen LogP contribution in [-0.2, 0) is 10.0 Å². The SMILES string of the molecule is O=S1(=O)NC(=NCC2(C3CC3)CC2)c2ccccc21. The predicted octanol–water partition coefficient (Wildman–Crippen LogP) is 1.92. The number of rotatable bonds is 3. The maximum absolute atomic E-state index is 12.0. The van der Waals surface area contributed by atoms with Crippen LogP contribution in [0.4, 0.5) is 0 Å². The average Bonchev–Trinajstić information content (AvgIpc) is 3.25. The topological polar surface area (TPSA) is 58.5 Å². The molecule has 0 amide bonds. The van der Waals surface area contributed by atoms with Crippen molar-refractivity contribution in [2.24, 2.45) is 16.3 Å². The molecule has 0 spiro atoms. The molecule has 0 bridgehead atoms. The molecule has 3 aliphatic rings. The molecule has 4 rings (SSSR count). The number of hydrogen-bond donors (Lipinski definition) is 1. The van der Waals surface area contributed by atoms with Crippen LogP contribution in [-0.4, -0.2) is 20.8 Å². The summed E-state index contributed by atoms with van der Waals surface area (Å²) >= 11 is 0. The lowest BCUT2D eigenvalue weighted by atomic mass is 10.0. The molecule has 0 aromatic heterocycles. The van der Waals surface area contributed by atoms with Crippen LogP contribution >= 0.6 is 0 Å². The van der Waals surface area contributed by atoms with E-state index < -0.39 is 10.0 Å². The molecule has 1 aromatic carbocycles. The molecule has 1 aromatic rings. The third-order valence-electron chi connectivity index (χ3n) is 4.55. The van der Waals surface area contributed by atoms with Gasteiger partial charge in [0.2, 0.25) is 0 Å². The number of benzene rings is 1. The highest BCUT2D eigenvalue weighted by Gasteiger charge is 2.53. The monoisotopic (exact) mass is 276 g/mol. The van der Waals surface area contributed by atoms with Gasteiger partial charge in [0, 0.05) is 12.1 Å². The molecule has 0 atom stereocenters. The second kappa shape index (κ2) is 3.60. The van der Waals surface area contributed by atoms with E-state index in [9.17, 15) is 8.42 Å². The Hall–Kier alpha value is -1.36. The Morgan fingerprint density at radius 1 is 1.26 bits per heavy atom. The van der Waals surface area contributed by atoms with Gasteiger partial charge in [-0.1, -0.05) is 12.1 Å². The average molecular weight is 276 g/mol. The van der Waals surface area contributed by atoms with E-state index >= 15 is 0 Å². The summed E-state index contributed by atoms with van der Waals surface area (Å²) in [5, 5.41) is 0. The van der Waals surface area contributed by atoms with Crippen molar-refractivity contribution in [2.45, 2.75) is 30.6 Å². The van der Waals surface area contributed by atoms with Gasteiger partial charge < -0.3 is 0 Å². The van der Waals surface area contributed by atoms with Crippen LogP contribution in [0.3, 0.4) is 0 Å². The number of sulfonamides is 1. The lowest BCUT2D eigenvalue weighted by Gasteiger charge is -2.10. The summed E-state index contributed by atoms with van der Waals surface area (Å²) in [6.45, 7) is 0.768. The summed E-state index contributed by atoms with van der Waals surface area (Å²) in [6, 6.07) is 7.05. The van der Waals surface area contributed by atoms with Gasteiger partial charge in [-0.2, -0.15) is 0 Å². The molecule has 100 valence electrons. The van der Waals surface area contributed by atoms with Crippen LogP contribution in [0.15, 0.2) is 34.2 Å². The first-order chi connectivity index (χ1) is 9.11. The zero-order valence-corrected chi connectivity index (χ0v) is 11.4. The molecule has 2 aliphatic carbocycles. The zero-order chi connectivity index (χ0) is 13.1. The second-order valence-corrected chi connectivity index (χ2v) is 7.55. The van der Waals surface area contributed by atoms with E-state index in [1.165, 1.54) is 25.7 Å². The molecular formula is C14H16N2O2S. The van der Waals surface area contributed by atoms with Gasteiger partial charge in [-0.15, -0.1) is 0 Å². The first-order valence-corrected chi connectivity index (χ1v) is 8.26. The largest absolute Gasteiger partial charge is 0.267 e. The minimum atomic E-state index is -3.39. The molecule has 2 saturated carbocycles. The summed E-state index contributed by atoms with van der Waals surface area (Å²) in [6.07, 6.45) is 5.16.